The van der Waals surface area contributed by atoms with Gasteiger partial charge in [0.25, 0.3) is 10.0 Å². The van der Waals surface area contributed by atoms with Gasteiger partial charge in [-0.25, -0.2) is 13.4 Å². The molecule has 2 aromatic carbocycles. The van der Waals surface area contributed by atoms with E-state index in [9.17, 15) is 8.42 Å². The fraction of sp³-hybridized carbons (Fsp3) is 0.167. The molecule has 0 amide bonds. The molecule has 0 spiro atoms. The van der Waals surface area contributed by atoms with Crippen LogP contribution >= 0.6 is 0 Å². The van der Waals surface area contributed by atoms with E-state index in [0.29, 0.717) is 40.3 Å². The van der Waals surface area contributed by atoms with Gasteiger partial charge >= 0.3 is 0 Å². The SMILES string of the molecule is COc1cc(C)c(S(=O)(=O)Nc2ccc(Oc3cc(-n4cccc4)nc(C)n3)cc2)cc1C. The smallest absolute Gasteiger partial charge is 0.262 e. The van der Waals surface area contributed by atoms with Gasteiger partial charge in [-0.15, -0.1) is 0 Å². The summed E-state index contributed by atoms with van der Waals surface area (Å²) in [5.74, 6) is 2.82. The van der Waals surface area contributed by atoms with E-state index in [2.05, 4.69) is 14.7 Å². The molecular formula is C24H24N4O4S. The molecule has 0 atom stereocenters. The quantitative estimate of drug-likeness (QED) is 0.422. The fourth-order valence-corrected chi connectivity index (χ4v) is 4.76. The molecular weight excluding hydrogens is 440 g/mol. The van der Waals surface area contributed by atoms with Crippen LogP contribution in [0.3, 0.4) is 0 Å². The number of anilines is 1. The summed E-state index contributed by atoms with van der Waals surface area (Å²) < 4.78 is 41.5. The number of hydrogen-bond donors (Lipinski definition) is 1. The number of sulfonamides is 1. The van der Waals surface area contributed by atoms with Crippen LogP contribution < -0.4 is 14.2 Å². The Morgan fingerprint density at radius 1 is 0.909 bits per heavy atom. The van der Waals surface area contributed by atoms with E-state index < -0.39 is 10.0 Å². The summed E-state index contributed by atoms with van der Waals surface area (Å²) in [7, 11) is -2.21. The lowest BCUT2D eigenvalue weighted by Gasteiger charge is -2.14. The van der Waals surface area contributed by atoms with Crippen molar-refractivity contribution in [1.82, 2.24) is 14.5 Å². The number of rotatable bonds is 7. The average Bonchev–Trinajstić information content (AvgIpc) is 3.31. The highest BCUT2D eigenvalue weighted by molar-refractivity contribution is 7.92. The number of methoxy groups -OCH3 is 1. The summed E-state index contributed by atoms with van der Waals surface area (Å²) in [5, 5.41) is 0. The van der Waals surface area contributed by atoms with E-state index in [1.165, 1.54) is 0 Å². The van der Waals surface area contributed by atoms with Crippen molar-refractivity contribution < 1.29 is 17.9 Å². The third-order valence-electron chi connectivity index (χ3n) is 4.98. The molecule has 0 radical (unpaired) electrons. The van der Waals surface area contributed by atoms with Crippen LogP contribution in [0.1, 0.15) is 17.0 Å². The molecule has 4 aromatic rings. The molecule has 4 rings (SSSR count). The first-order valence-corrected chi connectivity index (χ1v) is 11.7. The van der Waals surface area contributed by atoms with Crippen molar-refractivity contribution in [2.75, 3.05) is 11.8 Å². The number of benzene rings is 2. The van der Waals surface area contributed by atoms with Gasteiger partial charge in [0, 0.05) is 24.1 Å². The van der Waals surface area contributed by atoms with Gasteiger partial charge in [-0.05, 0) is 80.4 Å². The number of nitrogens with one attached hydrogen (secondary N) is 1. The molecule has 0 saturated carbocycles. The molecule has 0 unspecified atom stereocenters. The minimum atomic E-state index is -3.77. The molecule has 9 heteroatoms. The first-order chi connectivity index (χ1) is 15.7. The average molecular weight is 465 g/mol. The predicted molar refractivity (Wildman–Crippen MR) is 126 cm³/mol. The highest BCUT2D eigenvalue weighted by Crippen LogP contribution is 2.28. The summed E-state index contributed by atoms with van der Waals surface area (Å²) in [6, 6.07) is 15.5. The zero-order chi connectivity index (χ0) is 23.6. The zero-order valence-electron chi connectivity index (χ0n) is 18.7. The van der Waals surface area contributed by atoms with E-state index in [4.69, 9.17) is 9.47 Å². The molecule has 2 heterocycles. The molecule has 0 aliphatic heterocycles. The number of nitrogens with zero attached hydrogens (tertiary/aromatic N) is 3. The molecule has 2 aromatic heterocycles. The summed E-state index contributed by atoms with van der Waals surface area (Å²) in [6.07, 6.45) is 3.77. The van der Waals surface area contributed by atoms with Crippen LogP contribution in [-0.4, -0.2) is 30.1 Å². The molecule has 0 bridgehead atoms. The second kappa shape index (κ2) is 8.95. The Labute approximate surface area is 192 Å². The zero-order valence-corrected chi connectivity index (χ0v) is 19.6. The summed E-state index contributed by atoms with van der Waals surface area (Å²) in [5.41, 5.74) is 1.76. The number of hydrogen-bond acceptors (Lipinski definition) is 6. The van der Waals surface area contributed by atoms with Crippen molar-refractivity contribution in [2.45, 2.75) is 25.7 Å². The standard InChI is InChI=1S/C24H24N4O4S/c1-16-14-22(17(2)13-21(16)31-4)33(29,30)27-19-7-9-20(10-8-19)32-24-15-23(25-18(3)26-24)28-11-5-6-12-28/h5-15,27H,1-4H3. The van der Waals surface area contributed by atoms with Crippen LogP contribution in [-0.2, 0) is 10.0 Å². The maximum atomic E-state index is 12.9. The summed E-state index contributed by atoms with van der Waals surface area (Å²) in [4.78, 5) is 8.94. The van der Waals surface area contributed by atoms with E-state index in [0.717, 1.165) is 5.56 Å². The third kappa shape index (κ3) is 4.98. The maximum absolute atomic E-state index is 12.9. The molecule has 0 aliphatic rings. The Bertz CT molecular complexity index is 1380. The van der Waals surface area contributed by atoms with E-state index in [1.807, 2.05) is 29.1 Å². The van der Waals surface area contributed by atoms with Gasteiger partial charge in [-0.1, -0.05) is 0 Å². The normalized spacial score (nSPS) is 11.3. The lowest BCUT2D eigenvalue weighted by atomic mass is 10.1. The van der Waals surface area contributed by atoms with Crippen molar-refractivity contribution in [2.24, 2.45) is 0 Å². The third-order valence-corrected chi connectivity index (χ3v) is 6.50. The summed E-state index contributed by atoms with van der Waals surface area (Å²) >= 11 is 0. The van der Waals surface area contributed by atoms with Crippen molar-refractivity contribution in [3.63, 3.8) is 0 Å². The molecule has 0 saturated heterocycles. The highest BCUT2D eigenvalue weighted by atomic mass is 32.2. The van der Waals surface area contributed by atoms with E-state index in [1.54, 1.807) is 70.3 Å². The van der Waals surface area contributed by atoms with Gasteiger partial charge < -0.3 is 14.0 Å². The van der Waals surface area contributed by atoms with Crippen LogP contribution in [0.5, 0.6) is 17.4 Å². The summed E-state index contributed by atoms with van der Waals surface area (Å²) in [6.45, 7) is 5.33. The molecule has 0 aliphatic carbocycles. The molecule has 8 nitrogen and oxygen atoms in total. The van der Waals surface area contributed by atoms with Crippen LogP contribution in [0.4, 0.5) is 5.69 Å². The second-order valence-electron chi connectivity index (χ2n) is 7.52. The van der Waals surface area contributed by atoms with Crippen molar-refractivity contribution in [1.29, 1.82) is 0 Å². The Hall–Kier alpha value is -3.85. The Morgan fingerprint density at radius 3 is 2.27 bits per heavy atom. The number of ether oxygens (including phenoxy) is 2. The topological polar surface area (TPSA) is 95.3 Å². The van der Waals surface area contributed by atoms with Crippen LogP contribution in [0.25, 0.3) is 5.82 Å². The first kappa shape index (κ1) is 22.3. The van der Waals surface area contributed by atoms with Gasteiger partial charge in [0.1, 0.15) is 23.1 Å². The van der Waals surface area contributed by atoms with Gasteiger partial charge in [-0.3, -0.25) is 4.72 Å². The van der Waals surface area contributed by atoms with Crippen LogP contribution in [0.2, 0.25) is 0 Å². The first-order valence-electron chi connectivity index (χ1n) is 10.2. The Kier molecular flexibility index (Phi) is 6.06. The van der Waals surface area contributed by atoms with Crippen molar-refractivity contribution >= 4 is 15.7 Å². The Balaban J connectivity index is 1.52. The van der Waals surface area contributed by atoms with Gasteiger partial charge in [0.15, 0.2) is 0 Å². The van der Waals surface area contributed by atoms with Gasteiger partial charge in [0.05, 0.1) is 12.0 Å². The van der Waals surface area contributed by atoms with Crippen molar-refractivity contribution in [3.8, 4) is 23.2 Å². The predicted octanol–water partition coefficient (Wildman–Crippen LogP) is 4.79. The lowest BCUT2D eigenvalue weighted by Crippen LogP contribution is -2.14. The lowest BCUT2D eigenvalue weighted by molar-refractivity contribution is 0.411. The van der Waals surface area contributed by atoms with Crippen molar-refractivity contribution in [3.05, 3.63) is 83.9 Å². The Morgan fingerprint density at radius 2 is 1.61 bits per heavy atom. The minimum Gasteiger partial charge on any atom is -0.496 e. The highest BCUT2D eigenvalue weighted by Gasteiger charge is 2.19. The number of aryl methyl sites for hydroxylation is 3. The molecule has 33 heavy (non-hydrogen) atoms. The number of aromatic nitrogens is 3. The van der Waals surface area contributed by atoms with Crippen LogP contribution in [0, 0.1) is 20.8 Å². The largest absolute Gasteiger partial charge is 0.496 e. The molecule has 1 N–H and O–H groups in total. The maximum Gasteiger partial charge on any atom is 0.262 e. The van der Waals surface area contributed by atoms with Crippen LogP contribution in [0.15, 0.2) is 71.9 Å². The molecule has 170 valence electrons. The van der Waals surface area contributed by atoms with Gasteiger partial charge in [0.2, 0.25) is 5.88 Å². The van der Waals surface area contributed by atoms with E-state index >= 15 is 0 Å². The fourth-order valence-electron chi connectivity index (χ4n) is 3.39. The van der Waals surface area contributed by atoms with E-state index in [-0.39, 0.29) is 4.90 Å². The second-order valence-corrected chi connectivity index (χ2v) is 9.17. The van der Waals surface area contributed by atoms with Gasteiger partial charge in [-0.2, -0.15) is 4.98 Å². The molecule has 0 fully saturated rings. The minimum absolute atomic E-state index is 0.204. The monoisotopic (exact) mass is 464 g/mol.